The normalized spacial score (nSPS) is 14.4. The number of benzene rings is 2. The SMILES string of the molecule is CSc1ccc(Oc2c[nH]c3c(C#N)c(C4(c5ccc(Cl)cc5)CC4)nn3c2=O)cc1. The van der Waals surface area contributed by atoms with E-state index in [0.717, 1.165) is 23.3 Å². The zero-order valence-corrected chi connectivity index (χ0v) is 18.1. The predicted molar refractivity (Wildman–Crippen MR) is 120 cm³/mol. The summed E-state index contributed by atoms with van der Waals surface area (Å²) in [6.07, 6.45) is 5.18. The molecule has 0 atom stereocenters. The van der Waals surface area contributed by atoms with Gasteiger partial charge in [-0.2, -0.15) is 14.9 Å². The standard InChI is InChI=1S/C23H17ClN4O2S/c1-31-17-8-6-16(7-9-17)30-19-13-26-21-18(12-25)20(27-28(21)22(19)29)23(10-11-23)14-2-4-15(24)5-3-14/h2-9,13,26H,10-11H2,1H3. The van der Waals surface area contributed by atoms with Crippen LogP contribution in [0.25, 0.3) is 5.65 Å². The molecule has 1 aliphatic rings. The van der Waals surface area contributed by atoms with E-state index in [-0.39, 0.29) is 11.2 Å². The van der Waals surface area contributed by atoms with Crippen LogP contribution in [0.3, 0.4) is 0 Å². The Morgan fingerprint density at radius 2 is 1.90 bits per heavy atom. The molecule has 2 aromatic carbocycles. The lowest BCUT2D eigenvalue weighted by Gasteiger charge is -2.13. The number of halogens is 1. The van der Waals surface area contributed by atoms with Crippen LogP contribution in [0.2, 0.25) is 5.02 Å². The average Bonchev–Trinajstić information content (AvgIpc) is 3.51. The summed E-state index contributed by atoms with van der Waals surface area (Å²) in [5.74, 6) is 0.662. The maximum absolute atomic E-state index is 13.1. The Balaban J connectivity index is 1.59. The quantitative estimate of drug-likeness (QED) is 0.427. The molecule has 6 nitrogen and oxygen atoms in total. The minimum Gasteiger partial charge on any atom is -0.450 e. The van der Waals surface area contributed by atoms with Crippen molar-refractivity contribution in [3.05, 3.63) is 86.9 Å². The Bertz CT molecular complexity index is 1380. The lowest BCUT2D eigenvalue weighted by molar-refractivity contribution is 0.468. The van der Waals surface area contributed by atoms with Gasteiger partial charge in [0.1, 0.15) is 17.4 Å². The first-order chi connectivity index (χ1) is 15.1. The summed E-state index contributed by atoms with van der Waals surface area (Å²) in [6.45, 7) is 0. The van der Waals surface area contributed by atoms with E-state index in [9.17, 15) is 10.1 Å². The lowest BCUT2D eigenvalue weighted by Crippen LogP contribution is -2.17. The van der Waals surface area contributed by atoms with Crippen molar-refractivity contribution in [3.8, 4) is 17.6 Å². The van der Waals surface area contributed by atoms with Gasteiger partial charge >= 0.3 is 5.56 Å². The van der Waals surface area contributed by atoms with Crippen LogP contribution < -0.4 is 10.3 Å². The van der Waals surface area contributed by atoms with Gasteiger partial charge in [-0.15, -0.1) is 11.8 Å². The Labute approximate surface area is 187 Å². The van der Waals surface area contributed by atoms with Crippen LogP contribution in [-0.2, 0) is 5.41 Å². The smallest absolute Gasteiger partial charge is 0.317 e. The molecule has 0 radical (unpaired) electrons. The van der Waals surface area contributed by atoms with Gasteiger partial charge in [0.15, 0.2) is 5.65 Å². The van der Waals surface area contributed by atoms with Gasteiger partial charge in [0.25, 0.3) is 0 Å². The summed E-state index contributed by atoms with van der Waals surface area (Å²) in [7, 11) is 0. The van der Waals surface area contributed by atoms with Crippen LogP contribution in [0, 0.1) is 11.3 Å². The topological polar surface area (TPSA) is 83.2 Å². The monoisotopic (exact) mass is 448 g/mol. The van der Waals surface area contributed by atoms with Crippen molar-refractivity contribution >= 4 is 29.0 Å². The zero-order valence-electron chi connectivity index (χ0n) is 16.6. The molecule has 8 heteroatoms. The molecule has 0 aliphatic heterocycles. The molecule has 0 bridgehead atoms. The number of fused-ring (bicyclic) bond motifs is 1. The second kappa shape index (κ2) is 7.49. The Morgan fingerprint density at radius 3 is 2.52 bits per heavy atom. The van der Waals surface area contributed by atoms with E-state index in [4.69, 9.17) is 16.3 Å². The van der Waals surface area contributed by atoms with E-state index < -0.39 is 5.56 Å². The number of rotatable bonds is 5. The molecule has 0 saturated heterocycles. The molecule has 0 amide bonds. The number of ether oxygens (including phenoxy) is 1. The number of hydrogen-bond acceptors (Lipinski definition) is 5. The Hall–Kier alpha value is -3.21. The highest BCUT2D eigenvalue weighted by Crippen LogP contribution is 2.54. The van der Waals surface area contributed by atoms with E-state index >= 15 is 0 Å². The van der Waals surface area contributed by atoms with Gasteiger partial charge in [-0.05, 0) is 61.1 Å². The summed E-state index contributed by atoms with van der Waals surface area (Å²) in [6, 6.07) is 17.3. The largest absolute Gasteiger partial charge is 0.450 e. The second-order valence-electron chi connectivity index (χ2n) is 7.42. The first-order valence-corrected chi connectivity index (χ1v) is 11.3. The molecule has 5 rings (SSSR count). The number of nitrogens with one attached hydrogen (secondary N) is 1. The van der Waals surface area contributed by atoms with Crippen molar-refractivity contribution in [2.45, 2.75) is 23.2 Å². The van der Waals surface area contributed by atoms with Gasteiger partial charge in [-0.1, -0.05) is 23.7 Å². The molecule has 2 aromatic heterocycles. The molecule has 1 fully saturated rings. The number of thioether (sulfide) groups is 1. The van der Waals surface area contributed by atoms with E-state index in [1.165, 1.54) is 10.7 Å². The summed E-state index contributed by atoms with van der Waals surface area (Å²) >= 11 is 7.67. The predicted octanol–water partition coefficient (Wildman–Crippen LogP) is 5.14. The summed E-state index contributed by atoms with van der Waals surface area (Å²) < 4.78 is 7.02. The number of aromatic nitrogens is 3. The summed E-state index contributed by atoms with van der Waals surface area (Å²) in [4.78, 5) is 17.2. The van der Waals surface area contributed by atoms with Crippen molar-refractivity contribution in [3.63, 3.8) is 0 Å². The van der Waals surface area contributed by atoms with Crippen molar-refractivity contribution in [2.75, 3.05) is 6.26 Å². The number of hydrogen-bond donors (Lipinski definition) is 1. The van der Waals surface area contributed by atoms with Crippen LogP contribution >= 0.6 is 23.4 Å². The molecule has 4 aromatic rings. The molecule has 31 heavy (non-hydrogen) atoms. The van der Waals surface area contributed by atoms with Crippen LogP contribution in [0.5, 0.6) is 11.5 Å². The van der Waals surface area contributed by atoms with E-state index in [2.05, 4.69) is 16.2 Å². The average molecular weight is 449 g/mol. The van der Waals surface area contributed by atoms with Gasteiger partial charge in [0, 0.05) is 15.3 Å². The molecular formula is C23H17ClN4O2S. The van der Waals surface area contributed by atoms with Gasteiger partial charge in [-0.3, -0.25) is 4.79 Å². The molecule has 0 spiro atoms. The van der Waals surface area contributed by atoms with Crippen molar-refractivity contribution < 1.29 is 4.74 Å². The third-order valence-electron chi connectivity index (χ3n) is 5.63. The van der Waals surface area contributed by atoms with Crippen LogP contribution in [0.4, 0.5) is 0 Å². The van der Waals surface area contributed by atoms with Crippen LogP contribution in [0.15, 0.2) is 64.4 Å². The van der Waals surface area contributed by atoms with Gasteiger partial charge in [-0.25, -0.2) is 0 Å². The highest BCUT2D eigenvalue weighted by Gasteiger charge is 2.50. The molecule has 1 N–H and O–H groups in total. The van der Waals surface area contributed by atoms with Gasteiger partial charge in [0.2, 0.25) is 5.75 Å². The number of aromatic amines is 1. The highest BCUT2D eigenvalue weighted by molar-refractivity contribution is 7.98. The first-order valence-electron chi connectivity index (χ1n) is 9.69. The van der Waals surface area contributed by atoms with Crippen LogP contribution in [-0.4, -0.2) is 20.9 Å². The molecule has 1 saturated carbocycles. The van der Waals surface area contributed by atoms with Crippen molar-refractivity contribution in [2.24, 2.45) is 0 Å². The Morgan fingerprint density at radius 1 is 1.19 bits per heavy atom. The van der Waals surface area contributed by atoms with Crippen molar-refractivity contribution in [1.82, 2.24) is 14.6 Å². The van der Waals surface area contributed by atoms with Gasteiger partial charge < -0.3 is 9.72 Å². The lowest BCUT2D eigenvalue weighted by atomic mass is 9.90. The van der Waals surface area contributed by atoms with Crippen molar-refractivity contribution in [1.29, 1.82) is 5.26 Å². The maximum atomic E-state index is 13.1. The van der Waals surface area contributed by atoms with E-state index in [0.29, 0.717) is 27.7 Å². The second-order valence-corrected chi connectivity index (χ2v) is 8.74. The highest BCUT2D eigenvalue weighted by atomic mass is 35.5. The maximum Gasteiger partial charge on any atom is 0.317 e. The number of nitrogens with zero attached hydrogens (tertiary/aromatic N) is 3. The van der Waals surface area contributed by atoms with Crippen LogP contribution in [0.1, 0.15) is 29.7 Å². The first kappa shape index (κ1) is 19.7. The number of H-pyrrole nitrogens is 1. The fraction of sp³-hybridized carbons (Fsp3) is 0.174. The van der Waals surface area contributed by atoms with E-state index in [1.807, 2.05) is 54.8 Å². The molecule has 0 unspecified atom stereocenters. The Kier molecular flexibility index (Phi) is 4.77. The summed E-state index contributed by atoms with van der Waals surface area (Å²) in [5.41, 5.74) is 1.59. The minimum atomic E-state index is -0.419. The van der Waals surface area contributed by atoms with E-state index in [1.54, 1.807) is 11.8 Å². The fourth-order valence-electron chi connectivity index (χ4n) is 3.84. The third kappa shape index (κ3) is 3.29. The zero-order chi connectivity index (χ0) is 21.6. The molecular weight excluding hydrogens is 432 g/mol. The third-order valence-corrected chi connectivity index (χ3v) is 6.62. The molecule has 2 heterocycles. The van der Waals surface area contributed by atoms with Gasteiger partial charge in [0.05, 0.1) is 11.9 Å². The minimum absolute atomic E-state index is 0.110. The molecule has 1 aliphatic carbocycles. The fourth-order valence-corrected chi connectivity index (χ4v) is 4.37. The summed E-state index contributed by atoms with van der Waals surface area (Å²) in [5, 5.41) is 15.1. The molecule has 154 valence electrons. The number of nitriles is 1.